The van der Waals surface area contributed by atoms with Crippen molar-refractivity contribution in [3.63, 3.8) is 0 Å². The van der Waals surface area contributed by atoms with Crippen LogP contribution in [0.4, 0.5) is 0 Å². The van der Waals surface area contributed by atoms with Gasteiger partial charge in [-0.1, -0.05) is 6.92 Å². The van der Waals surface area contributed by atoms with Crippen LogP contribution >= 0.6 is 0 Å². The Morgan fingerprint density at radius 3 is 2.81 bits per heavy atom. The second-order valence-corrected chi connectivity index (χ2v) is 5.07. The first-order valence-corrected chi connectivity index (χ1v) is 6.33. The first-order chi connectivity index (χ1) is 7.66. The van der Waals surface area contributed by atoms with Crippen molar-refractivity contribution in [2.45, 2.75) is 51.4 Å². The van der Waals surface area contributed by atoms with Gasteiger partial charge in [-0.2, -0.15) is 0 Å². The molecule has 2 rings (SSSR count). The highest BCUT2D eigenvalue weighted by Crippen LogP contribution is 2.20. The Balaban J connectivity index is 1.75. The van der Waals surface area contributed by atoms with E-state index in [0.29, 0.717) is 12.0 Å². The molecule has 0 radical (unpaired) electrons. The summed E-state index contributed by atoms with van der Waals surface area (Å²) >= 11 is 0. The zero-order valence-electron chi connectivity index (χ0n) is 10.2. The molecule has 2 aliphatic rings. The molecule has 1 amide bonds. The third-order valence-corrected chi connectivity index (χ3v) is 3.43. The van der Waals surface area contributed by atoms with Crippen LogP contribution in [-0.4, -0.2) is 37.2 Å². The maximum Gasteiger partial charge on any atom is 0.249 e. The van der Waals surface area contributed by atoms with Crippen LogP contribution < -0.4 is 10.6 Å². The molecule has 3 unspecified atom stereocenters. The van der Waals surface area contributed by atoms with E-state index in [1.807, 2.05) is 6.92 Å². The molecule has 4 heteroatoms. The van der Waals surface area contributed by atoms with Crippen LogP contribution in [0, 0.1) is 5.92 Å². The van der Waals surface area contributed by atoms with Crippen molar-refractivity contribution in [1.29, 1.82) is 0 Å². The van der Waals surface area contributed by atoms with Crippen molar-refractivity contribution in [3.8, 4) is 0 Å². The molecule has 1 aliphatic carbocycles. The average molecular weight is 226 g/mol. The standard InChI is InChI=1S/C12H22N2O2/c1-8-5-6-13-7-11(8)16-9(2)12(15)14-10-3-4-10/h8-11,13H,3-7H2,1-2H3,(H,14,15). The van der Waals surface area contributed by atoms with E-state index in [4.69, 9.17) is 4.74 Å². The van der Waals surface area contributed by atoms with Crippen molar-refractivity contribution >= 4 is 5.91 Å². The lowest BCUT2D eigenvalue weighted by atomic mass is 9.97. The van der Waals surface area contributed by atoms with Gasteiger partial charge in [-0.05, 0) is 38.6 Å². The summed E-state index contributed by atoms with van der Waals surface area (Å²) in [5, 5.41) is 6.28. The topological polar surface area (TPSA) is 50.4 Å². The van der Waals surface area contributed by atoms with Gasteiger partial charge in [0.2, 0.25) is 5.91 Å². The van der Waals surface area contributed by atoms with Gasteiger partial charge in [0.05, 0.1) is 6.10 Å². The molecule has 1 saturated heterocycles. The van der Waals surface area contributed by atoms with Crippen LogP contribution in [0.1, 0.15) is 33.1 Å². The smallest absolute Gasteiger partial charge is 0.249 e. The molecule has 3 atom stereocenters. The summed E-state index contributed by atoms with van der Waals surface area (Å²) in [5.74, 6) is 0.581. The van der Waals surface area contributed by atoms with Gasteiger partial charge in [-0.3, -0.25) is 4.79 Å². The number of piperidine rings is 1. The molecule has 1 aliphatic heterocycles. The maximum atomic E-state index is 11.7. The van der Waals surface area contributed by atoms with Gasteiger partial charge >= 0.3 is 0 Å². The molecule has 0 aromatic carbocycles. The highest BCUT2D eigenvalue weighted by atomic mass is 16.5. The lowest BCUT2D eigenvalue weighted by Crippen LogP contribution is -2.46. The number of rotatable bonds is 4. The molecule has 4 nitrogen and oxygen atoms in total. The third-order valence-electron chi connectivity index (χ3n) is 3.43. The van der Waals surface area contributed by atoms with Gasteiger partial charge in [0.25, 0.3) is 0 Å². The lowest BCUT2D eigenvalue weighted by Gasteiger charge is -2.31. The summed E-state index contributed by atoms with van der Waals surface area (Å²) < 4.78 is 5.82. The van der Waals surface area contributed by atoms with Gasteiger partial charge in [-0.15, -0.1) is 0 Å². The first-order valence-electron chi connectivity index (χ1n) is 6.33. The Bertz CT molecular complexity index is 253. The van der Waals surface area contributed by atoms with Gasteiger partial charge in [-0.25, -0.2) is 0 Å². The van der Waals surface area contributed by atoms with Gasteiger partial charge < -0.3 is 15.4 Å². The van der Waals surface area contributed by atoms with Crippen molar-refractivity contribution < 1.29 is 9.53 Å². The monoisotopic (exact) mass is 226 g/mol. The number of nitrogens with one attached hydrogen (secondary N) is 2. The van der Waals surface area contributed by atoms with E-state index >= 15 is 0 Å². The minimum atomic E-state index is -0.326. The summed E-state index contributed by atoms with van der Waals surface area (Å²) in [6.07, 6.45) is 3.23. The maximum absolute atomic E-state index is 11.7. The van der Waals surface area contributed by atoms with Crippen LogP contribution in [0.15, 0.2) is 0 Å². The molecule has 1 heterocycles. The van der Waals surface area contributed by atoms with Gasteiger partial charge in [0.15, 0.2) is 0 Å². The summed E-state index contributed by atoms with van der Waals surface area (Å²) in [6, 6.07) is 0.417. The summed E-state index contributed by atoms with van der Waals surface area (Å²) in [7, 11) is 0. The highest BCUT2D eigenvalue weighted by Gasteiger charge is 2.29. The largest absolute Gasteiger partial charge is 0.364 e. The van der Waals surface area contributed by atoms with Gasteiger partial charge in [0.1, 0.15) is 6.10 Å². The summed E-state index contributed by atoms with van der Waals surface area (Å²) in [6.45, 7) is 5.96. The number of hydrogen-bond donors (Lipinski definition) is 2. The number of carbonyl (C=O) groups excluding carboxylic acids is 1. The second-order valence-electron chi connectivity index (χ2n) is 5.07. The first kappa shape index (κ1) is 11.9. The van der Waals surface area contributed by atoms with Crippen LogP contribution in [0.25, 0.3) is 0 Å². The molecule has 0 aromatic rings. The Morgan fingerprint density at radius 2 is 2.19 bits per heavy atom. The van der Waals surface area contributed by atoms with Crippen LogP contribution in [0.2, 0.25) is 0 Å². The Labute approximate surface area is 97.1 Å². The number of hydrogen-bond acceptors (Lipinski definition) is 3. The van der Waals surface area contributed by atoms with E-state index < -0.39 is 0 Å². The normalized spacial score (nSPS) is 32.1. The van der Waals surface area contributed by atoms with Crippen molar-refractivity contribution in [2.24, 2.45) is 5.92 Å². The molecule has 2 N–H and O–H groups in total. The summed E-state index contributed by atoms with van der Waals surface area (Å²) in [4.78, 5) is 11.7. The van der Waals surface area contributed by atoms with E-state index in [1.165, 1.54) is 0 Å². The molecular weight excluding hydrogens is 204 g/mol. The van der Waals surface area contributed by atoms with Crippen LogP contribution in [0.3, 0.4) is 0 Å². The molecule has 0 aromatic heterocycles. The predicted molar refractivity (Wildman–Crippen MR) is 62.2 cm³/mol. The van der Waals surface area contributed by atoms with E-state index in [0.717, 1.165) is 32.4 Å². The van der Waals surface area contributed by atoms with Crippen LogP contribution in [0.5, 0.6) is 0 Å². The molecule has 0 bridgehead atoms. The average Bonchev–Trinajstić information content (AvgIpc) is 3.05. The fraction of sp³-hybridized carbons (Fsp3) is 0.917. The Morgan fingerprint density at radius 1 is 1.44 bits per heavy atom. The van der Waals surface area contributed by atoms with Crippen LogP contribution in [-0.2, 0) is 9.53 Å². The quantitative estimate of drug-likeness (QED) is 0.740. The SMILES string of the molecule is CC(OC1CNCCC1C)C(=O)NC1CC1. The summed E-state index contributed by atoms with van der Waals surface area (Å²) in [5.41, 5.74) is 0. The van der Waals surface area contributed by atoms with Crippen molar-refractivity contribution in [1.82, 2.24) is 10.6 Å². The minimum absolute atomic E-state index is 0.0419. The number of carbonyl (C=O) groups is 1. The molecular formula is C12H22N2O2. The van der Waals surface area contributed by atoms with Crippen molar-refractivity contribution in [2.75, 3.05) is 13.1 Å². The predicted octanol–water partition coefficient (Wildman–Crippen LogP) is 0.668. The zero-order chi connectivity index (χ0) is 11.5. The fourth-order valence-electron chi connectivity index (χ4n) is 2.01. The number of amides is 1. The fourth-order valence-corrected chi connectivity index (χ4v) is 2.01. The minimum Gasteiger partial charge on any atom is -0.364 e. The highest BCUT2D eigenvalue weighted by molar-refractivity contribution is 5.80. The Hall–Kier alpha value is -0.610. The van der Waals surface area contributed by atoms with E-state index in [2.05, 4.69) is 17.6 Å². The Kier molecular flexibility index (Phi) is 3.82. The third kappa shape index (κ3) is 3.19. The molecule has 1 saturated carbocycles. The van der Waals surface area contributed by atoms with Gasteiger partial charge in [0, 0.05) is 12.6 Å². The van der Waals surface area contributed by atoms with E-state index in [1.54, 1.807) is 0 Å². The zero-order valence-corrected chi connectivity index (χ0v) is 10.2. The lowest BCUT2D eigenvalue weighted by molar-refractivity contribution is -0.138. The number of ether oxygens (including phenoxy) is 1. The molecule has 16 heavy (non-hydrogen) atoms. The van der Waals surface area contributed by atoms with Crippen molar-refractivity contribution in [3.05, 3.63) is 0 Å². The van der Waals surface area contributed by atoms with E-state index in [9.17, 15) is 4.79 Å². The second kappa shape index (κ2) is 5.15. The van der Waals surface area contributed by atoms with E-state index in [-0.39, 0.29) is 18.1 Å². The molecule has 2 fully saturated rings. The molecule has 92 valence electrons. The molecule has 0 spiro atoms.